The number of aromatic nitrogens is 2. The third-order valence-corrected chi connectivity index (χ3v) is 7.35. The minimum Gasteiger partial charge on any atom is -0.481 e. The normalized spacial score (nSPS) is 16.8. The highest BCUT2D eigenvalue weighted by Gasteiger charge is 2.36. The Labute approximate surface area is 240 Å². The minimum absolute atomic E-state index is 0.110. The molecule has 1 amide bonds. The van der Waals surface area contributed by atoms with Crippen LogP contribution in [0.25, 0.3) is 0 Å². The Balaban J connectivity index is 1.66. The molecule has 0 spiro atoms. The molecule has 2 aromatic rings. The second kappa shape index (κ2) is 13.7. The fraction of sp³-hybridized carbons (Fsp3) is 0.444. The van der Waals surface area contributed by atoms with Crippen molar-refractivity contribution in [3.8, 4) is 0 Å². The van der Waals surface area contributed by atoms with Gasteiger partial charge in [-0.05, 0) is 49.3 Å². The highest BCUT2D eigenvalue weighted by Crippen LogP contribution is 2.38. The lowest BCUT2D eigenvalue weighted by molar-refractivity contribution is -0.148. The van der Waals surface area contributed by atoms with E-state index in [1.54, 1.807) is 24.3 Å². The SMILES string of the molecule is CC(CCC1CNc2nc(N)nc(N)c21)c1ccc(C(=O)N[C@@H](CCC(=O)O)C(=O)C(C[C@H](N)C(=O)O)C(=O)O)cc1. The summed E-state index contributed by atoms with van der Waals surface area (Å²) in [6.07, 6.45) is -0.0444. The van der Waals surface area contributed by atoms with Gasteiger partial charge in [0, 0.05) is 30.0 Å². The van der Waals surface area contributed by atoms with Gasteiger partial charge >= 0.3 is 17.9 Å². The van der Waals surface area contributed by atoms with Gasteiger partial charge < -0.3 is 43.2 Å². The summed E-state index contributed by atoms with van der Waals surface area (Å²) >= 11 is 0. The molecule has 3 unspecified atom stereocenters. The molecule has 0 fully saturated rings. The number of Topliss-reactive ketones (excluding diaryl/α,β-unsaturated/α-hetero) is 1. The fourth-order valence-corrected chi connectivity index (χ4v) is 4.92. The predicted molar refractivity (Wildman–Crippen MR) is 151 cm³/mol. The number of benzene rings is 1. The molecule has 15 nitrogen and oxygen atoms in total. The van der Waals surface area contributed by atoms with Gasteiger partial charge in [0.1, 0.15) is 23.6 Å². The number of nitrogens with one attached hydrogen (secondary N) is 2. The van der Waals surface area contributed by atoms with Crippen molar-refractivity contribution in [1.82, 2.24) is 15.3 Å². The molecule has 0 radical (unpaired) electrons. The molecule has 3 rings (SSSR count). The number of ketones is 1. The molecule has 42 heavy (non-hydrogen) atoms. The largest absolute Gasteiger partial charge is 0.481 e. The molecule has 1 aromatic carbocycles. The van der Waals surface area contributed by atoms with Crippen molar-refractivity contribution in [2.45, 2.75) is 62.9 Å². The van der Waals surface area contributed by atoms with E-state index < -0.39 is 60.4 Å². The molecule has 0 aliphatic carbocycles. The van der Waals surface area contributed by atoms with E-state index in [1.807, 2.05) is 6.92 Å². The molecule has 15 heteroatoms. The first-order chi connectivity index (χ1) is 19.8. The van der Waals surface area contributed by atoms with E-state index in [0.29, 0.717) is 18.2 Å². The molecule has 226 valence electrons. The molecular weight excluding hydrogens is 550 g/mol. The molecule has 11 N–H and O–H groups in total. The fourth-order valence-electron chi connectivity index (χ4n) is 4.92. The number of carbonyl (C=O) groups is 5. The monoisotopic (exact) mass is 585 g/mol. The van der Waals surface area contributed by atoms with Gasteiger partial charge in [-0.1, -0.05) is 19.1 Å². The second-order valence-electron chi connectivity index (χ2n) is 10.3. The Morgan fingerprint density at radius 3 is 2.29 bits per heavy atom. The zero-order chi connectivity index (χ0) is 31.1. The van der Waals surface area contributed by atoms with E-state index in [2.05, 4.69) is 20.6 Å². The van der Waals surface area contributed by atoms with Crippen LogP contribution in [0.15, 0.2) is 24.3 Å². The zero-order valence-corrected chi connectivity index (χ0v) is 22.9. The lowest BCUT2D eigenvalue weighted by Gasteiger charge is -2.22. The van der Waals surface area contributed by atoms with Crippen LogP contribution in [0, 0.1) is 5.92 Å². The second-order valence-corrected chi connectivity index (χ2v) is 10.3. The van der Waals surface area contributed by atoms with Crippen LogP contribution in [-0.2, 0) is 19.2 Å². The maximum absolute atomic E-state index is 13.0. The quantitative estimate of drug-likeness (QED) is 0.134. The molecule has 0 saturated heterocycles. The maximum Gasteiger partial charge on any atom is 0.320 e. The minimum atomic E-state index is -1.85. The van der Waals surface area contributed by atoms with Crippen molar-refractivity contribution in [1.29, 1.82) is 0 Å². The Morgan fingerprint density at radius 1 is 1.02 bits per heavy atom. The van der Waals surface area contributed by atoms with Crippen molar-refractivity contribution >= 4 is 47.2 Å². The third-order valence-electron chi connectivity index (χ3n) is 7.35. The highest BCUT2D eigenvalue weighted by atomic mass is 16.4. The summed E-state index contributed by atoms with van der Waals surface area (Å²) in [5.41, 5.74) is 19.1. The number of nitrogens with two attached hydrogens (primary N) is 3. The van der Waals surface area contributed by atoms with Crippen LogP contribution in [0.4, 0.5) is 17.6 Å². The van der Waals surface area contributed by atoms with Crippen molar-refractivity contribution in [2.24, 2.45) is 11.7 Å². The summed E-state index contributed by atoms with van der Waals surface area (Å²) < 4.78 is 0. The number of anilines is 3. The smallest absolute Gasteiger partial charge is 0.320 e. The number of fused-ring (bicyclic) bond motifs is 1. The molecule has 5 atom stereocenters. The number of hydrogen-bond acceptors (Lipinski definition) is 11. The van der Waals surface area contributed by atoms with Gasteiger partial charge in [-0.25, -0.2) is 0 Å². The third kappa shape index (κ3) is 7.90. The predicted octanol–water partition coefficient (Wildman–Crippen LogP) is 0.769. The van der Waals surface area contributed by atoms with E-state index >= 15 is 0 Å². The summed E-state index contributed by atoms with van der Waals surface area (Å²) in [5.74, 6) is -6.63. The number of aliphatic carboxylic acids is 3. The van der Waals surface area contributed by atoms with E-state index in [0.717, 1.165) is 24.0 Å². The Morgan fingerprint density at radius 2 is 1.69 bits per heavy atom. The van der Waals surface area contributed by atoms with Crippen LogP contribution in [0.2, 0.25) is 0 Å². The summed E-state index contributed by atoms with van der Waals surface area (Å²) in [6.45, 7) is 2.70. The molecule has 0 saturated carbocycles. The van der Waals surface area contributed by atoms with Crippen LogP contribution in [0.5, 0.6) is 0 Å². The molecule has 1 aliphatic rings. The first kappa shape index (κ1) is 31.7. The summed E-state index contributed by atoms with van der Waals surface area (Å²) in [6, 6.07) is 3.51. The number of nitrogens with zero attached hydrogens (tertiary/aromatic N) is 2. The van der Waals surface area contributed by atoms with Crippen molar-refractivity contribution < 1.29 is 39.3 Å². The molecule has 1 aromatic heterocycles. The Hall–Kier alpha value is -4.79. The number of carboxylic acids is 3. The first-order valence-corrected chi connectivity index (χ1v) is 13.3. The summed E-state index contributed by atoms with van der Waals surface area (Å²) in [4.78, 5) is 68.1. The lowest BCUT2D eigenvalue weighted by Crippen LogP contribution is -2.47. The molecule has 2 heterocycles. The average molecular weight is 586 g/mol. The van der Waals surface area contributed by atoms with Gasteiger partial charge in [0.25, 0.3) is 5.91 Å². The van der Waals surface area contributed by atoms with Crippen molar-refractivity contribution in [3.05, 3.63) is 41.0 Å². The maximum atomic E-state index is 13.0. The van der Waals surface area contributed by atoms with Crippen LogP contribution in [-0.4, -0.2) is 73.5 Å². The van der Waals surface area contributed by atoms with Crippen LogP contribution in [0.1, 0.15) is 72.3 Å². The van der Waals surface area contributed by atoms with Crippen molar-refractivity contribution in [2.75, 3.05) is 23.3 Å². The van der Waals surface area contributed by atoms with Gasteiger partial charge in [-0.3, -0.25) is 24.0 Å². The summed E-state index contributed by atoms with van der Waals surface area (Å²) in [7, 11) is 0. The number of carbonyl (C=O) groups excluding carboxylic acids is 2. The van der Waals surface area contributed by atoms with E-state index in [-0.39, 0.29) is 29.8 Å². The van der Waals surface area contributed by atoms with E-state index in [9.17, 15) is 29.1 Å². The number of amides is 1. The molecular formula is C27H35N7O8. The highest BCUT2D eigenvalue weighted by molar-refractivity contribution is 6.04. The first-order valence-electron chi connectivity index (χ1n) is 13.3. The van der Waals surface area contributed by atoms with Gasteiger partial charge in [0.05, 0.1) is 6.04 Å². The molecule has 1 aliphatic heterocycles. The standard InChI is InChI=1S/C27H35N7O8/c1-12(2-3-15-11-31-23-20(15)22(29)33-27(30)34-23)13-4-6-14(7-5-13)24(38)32-18(8-9-19(35)36)21(37)16(25(39)40)10-17(28)26(41)42/h4-7,12,15-18H,2-3,8-11,28H2,1H3,(H,32,38)(H,35,36)(H,39,40)(H,41,42)(H5,29,30,31,33,34)/t12?,15?,16?,17-,18-/m0/s1. The van der Waals surface area contributed by atoms with Crippen molar-refractivity contribution in [3.63, 3.8) is 0 Å². The van der Waals surface area contributed by atoms with Crippen LogP contribution >= 0.6 is 0 Å². The topological polar surface area (TPSA) is 274 Å². The van der Waals surface area contributed by atoms with E-state index in [4.69, 9.17) is 27.4 Å². The Bertz CT molecular complexity index is 1350. The number of rotatable bonds is 15. The zero-order valence-electron chi connectivity index (χ0n) is 22.9. The number of carboxylic acid groups (broad SMARTS) is 3. The lowest BCUT2D eigenvalue weighted by atomic mass is 9.89. The average Bonchev–Trinajstić information content (AvgIpc) is 3.34. The number of hydrogen-bond donors (Lipinski definition) is 8. The molecule has 0 bridgehead atoms. The van der Waals surface area contributed by atoms with Gasteiger partial charge in [0.2, 0.25) is 5.95 Å². The van der Waals surface area contributed by atoms with Gasteiger partial charge in [-0.15, -0.1) is 0 Å². The van der Waals surface area contributed by atoms with Crippen LogP contribution < -0.4 is 27.8 Å². The van der Waals surface area contributed by atoms with Crippen LogP contribution in [0.3, 0.4) is 0 Å². The summed E-state index contributed by atoms with van der Waals surface area (Å²) in [5, 5.41) is 33.2. The van der Waals surface area contributed by atoms with Gasteiger partial charge in [-0.2, -0.15) is 9.97 Å². The van der Waals surface area contributed by atoms with Gasteiger partial charge in [0.15, 0.2) is 5.78 Å². The Kier molecular flexibility index (Phi) is 10.4. The number of nitrogen functional groups attached to an aromatic ring is 2. The van der Waals surface area contributed by atoms with E-state index in [1.165, 1.54) is 0 Å².